The molecule has 0 aromatic rings. The van der Waals surface area contributed by atoms with Gasteiger partial charge in [0.05, 0.1) is 0 Å². The lowest BCUT2D eigenvalue weighted by Gasteiger charge is -2.47. The molecule has 4 aliphatic rings. The second-order valence-electron chi connectivity index (χ2n) is 11.5. The van der Waals surface area contributed by atoms with Crippen LogP contribution < -0.4 is 0 Å². The van der Waals surface area contributed by atoms with E-state index in [0.29, 0.717) is 0 Å². The minimum absolute atomic E-state index is 0.776. The van der Waals surface area contributed by atoms with E-state index in [0.717, 1.165) is 55.3 Å². The van der Waals surface area contributed by atoms with Crippen LogP contribution in [0.25, 0.3) is 0 Å². The molecule has 4 fully saturated rings. The van der Waals surface area contributed by atoms with Crippen molar-refractivity contribution in [2.75, 3.05) is 13.2 Å². The highest BCUT2D eigenvalue weighted by molar-refractivity contribution is 6.95. The Labute approximate surface area is 199 Å². The van der Waals surface area contributed by atoms with E-state index in [-0.39, 0.29) is 0 Å². The van der Waals surface area contributed by atoms with Crippen molar-refractivity contribution in [2.45, 2.75) is 77.3 Å². The van der Waals surface area contributed by atoms with E-state index < -0.39 is 34.2 Å². The van der Waals surface area contributed by atoms with E-state index in [9.17, 15) is 0 Å². The van der Waals surface area contributed by atoms with Gasteiger partial charge in [-0.15, -0.1) is 13.2 Å². The SMILES string of the molecule is C=C[Si]1(C)O[Si](C)(C)O[Si](C)(C=C)O[Si](C)(CCCOCC2CC3CC2C2CCCC32)O1. The molecule has 0 aromatic heterocycles. The molecule has 0 spiro atoms. The molecule has 3 aliphatic carbocycles. The van der Waals surface area contributed by atoms with Crippen LogP contribution >= 0.6 is 0 Å². The van der Waals surface area contributed by atoms with Crippen LogP contribution in [0, 0.1) is 29.6 Å². The van der Waals surface area contributed by atoms with Gasteiger partial charge in [0.25, 0.3) is 0 Å². The van der Waals surface area contributed by atoms with Gasteiger partial charge in [0.15, 0.2) is 0 Å². The second kappa shape index (κ2) is 9.31. The zero-order chi connectivity index (χ0) is 23.2. The minimum atomic E-state index is -2.57. The van der Waals surface area contributed by atoms with Gasteiger partial charge in [-0.1, -0.05) is 17.8 Å². The Balaban J connectivity index is 1.30. The lowest BCUT2D eigenvalue weighted by Crippen LogP contribution is -2.65. The summed E-state index contributed by atoms with van der Waals surface area (Å²) in [5.41, 5.74) is 3.75. The smallest absolute Gasteiger partial charge is 0.343 e. The Morgan fingerprint density at radius 3 is 2.09 bits per heavy atom. The zero-order valence-corrected chi connectivity index (χ0v) is 24.9. The van der Waals surface area contributed by atoms with Crippen molar-refractivity contribution < 1.29 is 21.2 Å². The Morgan fingerprint density at radius 2 is 1.47 bits per heavy atom. The molecule has 182 valence electrons. The highest BCUT2D eigenvalue weighted by atomic mass is 28.5. The van der Waals surface area contributed by atoms with Crippen molar-refractivity contribution in [3.63, 3.8) is 0 Å². The maximum Gasteiger partial charge on any atom is 0.343 e. The van der Waals surface area contributed by atoms with Gasteiger partial charge in [-0.25, -0.2) is 0 Å². The second-order valence-corrected chi connectivity index (χ2v) is 25.2. The predicted molar refractivity (Wildman–Crippen MR) is 138 cm³/mol. The fourth-order valence-corrected chi connectivity index (χ4v) is 27.1. The van der Waals surface area contributed by atoms with Crippen molar-refractivity contribution in [1.29, 1.82) is 0 Å². The molecule has 7 unspecified atom stereocenters. The quantitative estimate of drug-likeness (QED) is 0.299. The summed E-state index contributed by atoms with van der Waals surface area (Å²) in [6, 6.07) is 0.871. The van der Waals surface area contributed by atoms with Crippen LogP contribution in [0.4, 0.5) is 0 Å². The third kappa shape index (κ3) is 5.36. The van der Waals surface area contributed by atoms with E-state index >= 15 is 0 Å². The van der Waals surface area contributed by atoms with Gasteiger partial charge >= 0.3 is 34.2 Å². The summed E-state index contributed by atoms with van der Waals surface area (Å²) in [5.74, 6) is 4.81. The van der Waals surface area contributed by atoms with E-state index in [4.69, 9.17) is 21.2 Å². The molecule has 0 aromatic carbocycles. The number of rotatable bonds is 8. The minimum Gasteiger partial charge on any atom is -0.413 e. The van der Waals surface area contributed by atoms with Crippen LogP contribution in [-0.2, 0) is 21.2 Å². The van der Waals surface area contributed by atoms with Gasteiger partial charge in [-0.3, -0.25) is 0 Å². The van der Waals surface area contributed by atoms with Crippen LogP contribution in [0.15, 0.2) is 24.6 Å². The molecule has 1 heterocycles. The molecule has 32 heavy (non-hydrogen) atoms. The molecule has 2 bridgehead atoms. The van der Waals surface area contributed by atoms with E-state index in [1.165, 1.54) is 32.1 Å². The lowest BCUT2D eigenvalue weighted by atomic mass is 9.76. The number of fused-ring (bicyclic) bond motifs is 5. The maximum absolute atomic E-state index is 6.72. The van der Waals surface area contributed by atoms with Crippen molar-refractivity contribution in [3.05, 3.63) is 24.6 Å². The average molecular weight is 513 g/mol. The standard InChI is InChI=1S/C23H44O5Si4/c1-8-30(5)25-29(3,4)26-31(6,9-2)28-32(7,27-30)15-11-14-24-18-20-16-19-17-23(20)22-13-10-12-21(19)22/h8-9,19-23H,1-2,10-18H2,3-7H3. The lowest BCUT2D eigenvalue weighted by molar-refractivity contribution is 0.0558. The van der Waals surface area contributed by atoms with Crippen molar-refractivity contribution in [3.8, 4) is 0 Å². The summed E-state index contributed by atoms with van der Waals surface area (Å²) >= 11 is 0. The van der Waals surface area contributed by atoms with Gasteiger partial charge in [0.2, 0.25) is 0 Å². The fourth-order valence-electron chi connectivity index (χ4n) is 7.32. The van der Waals surface area contributed by atoms with Crippen molar-refractivity contribution in [1.82, 2.24) is 0 Å². The first kappa shape index (κ1) is 25.2. The summed E-state index contributed by atoms with van der Waals surface area (Å²) in [7, 11) is -10.1. The molecule has 5 nitrogen and oxygen atoms in total. The molecular weight excluding hydrogens is 469 g/mol. The third-order valence-corrected chi connectivity index (χ3v) is 24.9. The molecule has 1 saturated heterocycles. The first-order valence-corrected chi connectivity index (χ1v) is 22.8. The molecule has 4 rings (SSSR count). The predicted octanol–water partition coefficient (Wildman–Crippen LogP) is 5.91. The van der Waals surface area contributed by atoms with Crippen LogP contribution in [0.3, 0.4) is 0 Å². The molecule has 0 radical (unpaired) electrons. The van der Waals surface area contributed by atoms with Crippen LogP contribution in [0.5, 0.6) is 0 Å². The van der Waals surface area contributed by atoms with Crippen LogP contribution in [-0.4, -0.2) is 47.5 Å². The zero-order valence-electron chi connectivity index (χ0n) is 20.9. The monoisotopic (exact) mass is 512 g/mol. The average Bonchev–Trinajstić information content (AvgIpc) is 3.39. The topological polar surface area (TPSA) is 46.2 Å². The Morgan fingerprint density at radius 1 is 0.844 bits per heavy atom. The van der Waals surface area contributed by atoms with Gasteiger partial charge < -0.3 is 21.2 Å². The first-order chi connectivity index (χ1) is 15.0. The van der Waals surface area contributed by atoms with Crippen molar-refractivity contribution >= 4 is 34.2 Å². The number of hydrogen-bond donors (Lipinski definition) is 0. The maximum atomic E-state index is 6.72. The summed E-state index contributed by atoms with van der Waals surface area (Å²) in [5, 5.41) is 0. The third-order valence-electron chi connectivity index (χ3n) is 8.29. The van der Waals surface area contributed by atoms with E-state index in [1.54, 1.807) is 0 Å². The molecule has 0 N–H and O–H groups in total. The van der Waals surface area contributed by atoms with Gasteiger partial charge in [-0.05, 0) is 100 Å². The molecule has 7 atom stereocenters. The van der Waals surface area contributed by atoms with Gasteiger partial charge in [0.1, 0.15) is 0 Å². The van der Waals surface area contributed by atoms with E-state index in [1.807, 2.05) is 11.4 Å². The Bertz CT molecular complexity index is 693. The Kier molecular flexibility index (Phi) is 7.34. The summed E-state index contributed by atoms with van der Waals surface area (Å²) in [4.78, 5) is 0. The molecule has 1 aliphatic heterocycles. The largest absolute Gasteiger partial charge is 0.413 e. The molecular formula is C23H44O5Si4. The summed E-state index contributed by atoms with van der Waals surface area (Å²) < 4.78 is 32.7. The van der Waals surface area contributed by atoms with Crippen LogP contribution in [0.2, 0.25) is 38.8 Å². The normalized spacial score (nSPS) is 47.6. The first-order valence-electron chi connectivity index (χ1n) is 12.6. The van der Waals surface area contributed by atoms with Gasteiger partial charge in [-0.2, -0.15) is 0 Å². The van der Waals surface area contributed by atoms with Gasteiger partial charge in [0, 0.05) is 13.2 Å². The number of hydrogen-bond acceptors (Lipinski definition) is 5. The number of ether oxygens (including phenoxy) is 1. The summed E-state index contributed by atoms with van der Waals surface area (Å²) in [6.45, 7) is 20.2. The van der Waals surface area contributed by atoms with Crippen LogP contribution in [0.1, 0.15) is 38.5 Å². The van der Waals surface area contributed by atoms with E-state index in [2.05, 4.69) is 45.9 Å². The Hall–Kier alpha value is 0.148. The molecule has 3 saturated carbocycles. The summed E-state index contributed by atoms with van der Waals surface area (Å²) in [6.07, 6.45) is 8.26. The highest BCUT2D eigenvalue weighted by Crippen LogP contribution is 2.60. The van der Waals surface area contributed by atoms with Crippen molar-refractivity contribution in [2.24, 2.45) is 29.6 Å². The fraction of sp³-hybridized carbons (Fsp3) is 0.826. The molecule has 0 amide bonds. The molecule has 9 heteroatoms. The highest BCUT2D eigenvalue weighted by Gasteiger charge is 2.55.